The van der Waals surface area contributed by atoms with Crippen LogP contribution in [-0.4, -0.2) is 41.2 Å². The van der Waals surface area contributed by atoms with E-state index >= 15 is 0 Å². The van der Waals surface area contributed by atoms with Crippen LogP contribution >= 0.6 is 0 Å². The molecule has 1 aliphatic heterocycles. The molecule has 2 aromatic rings. The zero-order valence-electron chi connectivity index (χ0n) is 14.0. The van der Waals surface area contributed by atoms with Gasteiger partial charge in [-0.25, -0.2) is 8.42 Å². The maximum Gasteiger partial charge on any atom is 0.258 e. The zero-order valence-corrected chi connectivity index (χ0v) is 14.8. The third-order valence-electron chi connectivity index (χ3n) is 4.40. The van der Waals surface area contributed by atoms with Crippen LogP contribution in [0.25, 0.3) is 0 Å². The molecule has 0 aliphatic carbocycles. The molecule has 5 nitrogen and oxygen atoms in total. The van der Waals surface area contributed by atoms with Gasteiger partial charge in [0.2, 0.25) is 0 Å². The van der Waals surface area contributed by atoms with Gasteiger partial charge in [-0.3, -0.25) is 4.79 Å². The van der Waals surface area contributed by atoms with Crippen LogP contribution in [-0.2, 0) is 16.3 Å². The van der Waals surface area contributed by atoms with Crippen LogP contribution in [0.2, 0.25) is 0 Å². The highest BCUT2D eigenvalue weighted by atomic mass is 32.2. The van der Waals surface area contributed by atoms with Crippen molar-refractivity contribution >= 4 is 27.1 Å². The second kappa shape index (κ2) is 5.94. The molecule has 24 heavy (non-hydrogen) atoms. The molecule has 0 bridgehead atoms. The van der Waals surface area contributed by atoms with Crippen molar-refractivity contribution in [3.8, 4) is 0 Å². The summed E-state index contributed by atoms with van der Waals surface area (Å²) in [5.41, 5.74) is 3.47. The topological polar surface area (TPSA) is 57.7 Å². The van der Waals surface area contributed by atoms with Crippen LogP contribution < -0.4 is 9.80 Å². The number of benzene rings is 2. The molecule has 0 atom stereocenters. The summed E-state index contributed by atoms with van der Waals surface area (Å²) >= 11 is 0. The molecule has 1 heterocycles. The molecular weight excluding hydrogens is 324 g/mol. The third-order valence-corrected chi connectivity index (χ3v) is 5.51. The van der Waals surface area contributed by atoms with E-state index in [2.05, 4.69) is 4.90 Å². The third kappa shape index (κ3) is 3.01. The molecule has 6 heteroatoms. The van der Waals surface area contributed by atoms with E-state index in [0.29, 0.717) is 11.3 Å². The Balaban J connectivity index is 1.92. The van der Waals surface area contributed by atoms with E-state index in [-0.39, 0.29) is 10.8 Å². The molecule has 0 spiro atoms. The van der Waals surface area contributed by atoms with Crippen molar-refractivity contribution in [2.45, 2.75) is 11.3 Å². The Bertz CT molecular complexity index is 906. The Morgan fingerprint density at radius 2 is 1.92 bits per heavy atom. The summed E-state index contributed by atoms with van der Waals surface area (Å²) in [4.78, 5) is 16.6. The molecule has 1 aliphatic rings. The van der Waals surface area contributed by atoms with Gasteiger partial charge in [0.05, 0.1) is 4.90 Å². The summed E-state index contributed by atoms with van der Waals surface area (Å²) in [7, 11) is 0.358. The summed E-state index contributed by atoms with van der Waals surface area (Å²) in [5.74, 6) is -0.163. The summed E-state index contributed by atoms with van der Waals surface area (Å²) in [6, 6.07) is 12.2. The average Bonchev–Trinajstić information content (AvgIpc) is 2.93. The Morgan fingerprint density at radius 1 is 1.17 bits per heavy atom. The smallest absolute Gasteiger partial charge is 0.258 e. The lowest BCUT2D eigenvalue weighted by Gasteiger charge is -2.19. The Morgan fingerprint density at radius 3 is 2.62 bits per heavy atom. The van der Waals surface area contributed by atoms with E-state index in [1.807, 2.05) is 25.2 Å². The van der Waals surface area contributed by atoms with E-state index in [4.69, 9.17) is 0 Å². The van der Waals surface area contributed by atoms with E-state index in [9.17, 15) is 13.2 Å². The first kappa shape index (κ1) is 16.5. The van der Waals surface area contributed by atoms with Crippen molar-refractivity contribution in [1.29, 1.82) is 0 Å². The molecule has 0 N–H and O–H groups in total. The molecule has 2 aromatic carbocycles. The number of rotatable bonds is 3. The molecule has 0 unspecified atom stereocenters. The van der Waals surface area contributed by atoms with E-state index in [0.717, 1.165) is 24.9 Å². The second-order valence-electron chi connectivity index (χ2n) is 6.15. The van der Waals surface area contributed by atoms with Gasteiger partial charge in [0.15, 0.2) is 9.84 Å². The molecule has 0 saturated carbocycles. The highest BCUT2D eigenvalue weighted by Crippen LogP contribution is 2.28. The number of nitrogens with zero attached hydrogens (tertiary/aromatic N) is 2. The molecule has 0 saturated heterocycles. The SMILES string of the molecule is CN1CCc2ccc(C(=O)N(C)c3cccc(S(C)(=O)=O)c3)cc21. The lowest BCUT2D eigenvalue weighted by atomic mass is 10.1. The molecule has 0 aromatic heterocycles. The first-order chi connectivity index (χ1) is 11.3. The van der Waals surface area contributed by atoms with E-state index in [1.165, 1.54) is 22.6 Å². The maximum absolute atomic E-state index is 12.8. The normalized spacial score (nSPS) is 13.7. The molecular formula is C18H20N2O3S. The van der Waals surface area contributed by atoms with Crippen molar-refractivity contribution in [1.82, 2.24) is 0 Å². The highest BCUT2D eigenvalue weighted by Gasteiger charge is 2.20. The second-order valence-corrected chi connectivity index (χ2v) is 8.16. The van der Waals surface area contributed by atoms with Gasteiger partial charge in [0.1, 0.15) is 0 Å². The number of carbonyl (C=O) groups excluding carboxylic acids is 1. The number of likely N-dealkylation sites (N-methyl/N-ethyl adjacent to an activating group) is 1. The average molecular weight is 344 g/mol. The molecule has 126 valence electrons. The first-order valence-electron chi connectivity index (χ1n) is 7.69. The van der Waals surface area contributed by atoms with Gasteiger partial charge in [-0.1, -0.05) is 12.1 Å². The van der Waals surface area contributed by atoms with Crippen molar-refractivity contribution in [2.75, 3.05) is 36.7 Å². The number of hydrogen-bond donors (Lipinski definition) is 0. The van der Waals surface area contributed by atoms with Crippen LogP contribution in [0.15, 0.2) is 47.4 Å². The molecule has 3 rings (SSSR count). The fourth-order valence-corrected chi connectivity index (χ4v) is 3.57. The van der Waals surface area contributed by atoms with E-state index in [1.54, 1.807) is 19.2 Å². The van der Waals surface area contributed by atoms with E-state index < -0.39 is 9.84 Å². The van der Waals surface area contributed by atoms with Crippen LogP contribution in [0.1, 0.15) is 15.9 Å². The minimum Gasteiger partial charge on any atom is -0.374 e. The molecule has 0 radical (unpaired) electrons. The Hall–Kier alpha value is -2.34. The predicted octanol–water partition coefficient (Wildman–Crippen LogP) is 2.36. The van der Waals surface area contributed by atoms with Crippen LogP contribution in [0.4, 0.5) is 11.4 Å². The summed E-state index contributed by atoms with van der Waals surface area (Å²) in [6.45, 7) is 0.958. The summed E-state index contributed by atoms with van der Waals surface area (Å²) < 4.78 is 23.4. The van der Waals surface area contributed by atoms with Gasteiger partial charge in [-0.05, 0) is 42.3 Å². The number of sulfone groups is 1. The van der Waals surface area contributed by atoms with Crippen LogP contribution in [0.5, 0.6) is 0 Å². The Labute approximate surface area is 142 Å². The van der Waals surface area contributed by atoms with Gasteiger partial charge in [-0.15, -0.1) is 0 Å². The predicted molar refractivity (Wildman–Crippen MR) is 95.7 cm³/mol. The number of hydrogen-bond acceptors (Lipinski definition) is 4. The number of anilines is 2. The lowest BCUT2D eigenvalue weighted by Crippen LogP contribution is -2.26. The summed E-state index contributed by atoms with van der Waals surface area (Å²) in [6.07, 6.45) is 2.15. The number of fused-ring (bicyclic) bond motifs is 1. The van der Waals surface area contributed by atoms with Crippen LogP contribution in [0.3, 0.4) is 0 Å². The fraction of sp³-hybridized carbons (Fsp3) is 0.278. The monoisotopic (exact) mass is 344 g/mol. The van der Waals surface area contributed by atoms with Crippen LogP contribution in [0, 0.1) is 0 Å². The minimum atomic E-state index is -3.31. The van der Waals surface area contributed by atoms with Crippen molar-refractivity contribution in [2.24, 2.45) is 0 Å². The largest absolute Gasteiger partial charge is 0.374 e. The molecule has 1 amide bonds. The maximum atomic E-state index is 12.8. The lowest BCUT2D eigenvalue weighted by molar-refractivity contribution is 0.0993. The fourth-order valence-electron chi connectivity index (χ4n) is 2.91. The quantitative estimate of drug-likeness (QED) is 0.858. The van der Waals surface area contributed by atoms with Gasteiger partial charge < -0.3 is 9.80 Å². The van der Waals surface area contributed by atoms with Crippen molar-refractivity contribution < 1.29 is 13.2 Å². The first-order valence-corrected chi connectivity index (χ1v) is 9.59. The summed E-state index contributed by atoms with van der Waals surface area (Å²) in [5, 5.41) is 0. The van der Waals surface area contributed by atoms with Gasteiger partial charge in [-0.2, -0.15) is 0 Å². The standard InChI is InChI=1S/C18H20N2O3S/c1-19-10-9-13-7-8-14(11-17(13)19)18(21)20(2)15-5-4-6-16(12-15)24(3,22)23/h4-8,11-12H,9-10H2,1-3H3. The highest BCUT2D eigenvalue weighted by molar-refractivity contribution is 7.90. The number of amides is 1. The van der Waals surface area contributed by atoms with Gasteiger partial charge >= 0.3 is 0 Å². The van der Waals surface area contributed by atoms with Crippen molar-refractivity contribution in [3.05, 3.63) is 53.6 Å². The molecule has 0 fully saturated rings. The van der Waals surface area contributed by atoms with Crippen molar-refractivity contribution in [3.63, 3.8) is 0 Å². The zero-order chi connectivity index (χ0) is 17.5. The van der Waals surface area contributed by atoms with Gasteiger partial charge in [0, 0.05) is 43.8 Å². The van der Waals surface area contributed by atoms with Gasteiger partial charge in [0.25, 0.3) is 5.91 Å². The number of carbonyl (C=O) groups is 1. The minimum absolute atomic E-state index is 0.163. The Kier molecular flexibility index (Phi) is 4.09.